The summed E-state index contributed by atoms with van der Waals surface area (Å²) in [6, 6.07) is 5.67. The zero-order chi connectivity index (χ0) is 12.1. The largest absolute Gasteiger partial charge is 0.495 e. The number of halogens is 1. The summed E-state index contributed by atoms with van der Waals surface area (Å²) in [6.07, 6.45) is 4.68. The Labute approximate surface area is 107 Å². The van der Waals surface area contributed by atoms with E-state index < -0.39 is 0 Å². The normalized spacial score (nSPS) is 16.0. The molecule has 0 unspecified atom stereocenters. The summed E-state index contributed by atoms with van der Waals surface area (Å²) in [5.74, 6) is 1.75. The highest BCUT2D eigenvalue weighted by atomic mass is 35.5. The third-order valence-electron chi connectivity index (χ3n) is 2.81. The Morgan fingerprint density at radius 2 is 2.18 bits per heavy atom. The van der Waals surface area contributed by atoms with Gasteiger partial charge in [0.25, 0.3) is 0 Å². The van der Waals surface area contributed by atoms with Gasteiger partial charge in [0.15, 0.2) is 0 Å². The Kier molecular flexibility index (Phi) is 4.26. The Bertz CT molecular complexity index is 418. The monoisotopic (exact) mass is 252 g/mol. The molecule has 4 heteroatoms. The van der Waals surface area contributed by atoms with Crippen molar-refractivity contribution in [3.63, 3.8) is 0 Å². The minimum atomic E-state index is 0.626. The summed E-state index contributed by atoms with van der Waals surface area (Å²) >= 11 is 5.98. The summed E-state index contributed by atoms with van der Waals surface area (Å²) in [5.41, 5.74) is 0.979. The van der Waals surface area contributed by atoms with E-state index in [4.69, 9.17) is 16.3 Å². The second kappa shape index (κ2) is 5.92. The molecule has 0 saturated heterocycles. The summed E-state index contributed by atoms with van der Waals surface area (Å²) in [4.78, 5) is 4.53. The lowest BCUT2D eigenvalue weighted by Crippen LogP contribution is -2.11. The summed E-state index contributed by atoms with van der Waals surface area (Å²) in [5, 5.41) is 3.96. The Balaban J connectivity index is 2.09. The second-order valence-corrected chi connectivity index (χ2v) is 4.52. The van der Waals surface area contributed by atoms with Crippen LogP contribution in [0.1, 0.15) is 25.7 Å². The van der Waals surface area contributed by atoms with E-state index >= 15 is 0 Å². The Hall–Kier alpha value is -1.22. The van der Waals surface area contributed by atoms with E-state index in [0.29, 0.717) is 10.8 Å². The molecule has 1 heterocycles. The van der Waals surface area contributed by atoms with Crippen molar-refractivity contribution in [1.82, 2.24) is 0 Å². The molecule has 2 rings (SSSR count). The van der Waals surface area contributed by atoms with Crippen LogP contribution in [0.2, 0.25) is 5.02 Å². The van der Waals surface area contributed by atoms with Gasteiger partial charge in [0, 0.05) is 24.7 Å². The van der Waals surface area contributed by atoms with E-state index in [2.05, 4.69) is 10.3 Å². The van der Waals surface area contributed by atoms with Gasteiger partial charge >= 0.3 is 0 Å². The molecule has 0 atom stereocenters. The molecule has 1 N–H and O–H groups in total. The third-order valence-corrected chi connectivity index (χ3v) is 3.13. The van der Waals surface area contributed by atoms with Gasteiger partial charge in [-0.3, -0.25) is 4.99 Å². The number of hydrogen-bond donors (Lipinski definition) is 1. The van der Waals surface area contributed by atoms with Gasteiger partial charge in [-0.15, -0.1) is 0 Å². The number of rotatable bonds is 2. The maximum Gasteiger partial charge on any atom is 0.139 e. The van der Waals surface area contributed by atoms with Gasteiger partial charge in [0.1, 0.15) is 11.6 Å². The van der Waals surface area contributed by atoms with Crippen molar-refractivity contribution < 1.29 is 4.74 Å². The van der Waals surface area contributed by atoms with E-state index in [1.54, 1.807) is 7.11 Å². The van der Waals surface area contributed by atoms with Gasteiger partial charge in [-0.25, -0.2) is 0 Å². The average molecular weight is 253 g/mol. The van der Waals surface area contributed by atoms with Crippen molar-refractivity contribution in [2.45, 2.75) is 25.7 Å². The highest BCUT2D eigenvalue weighted by molar-refractivity contribution is 6.32. The molecule has 1 aliphatic heterocycles. The lowest BCUT2D eigenvalue weighted by molar-refractivity contribution is 0.415. The van der Waals surface area contributed by atoms with E-state index in [1.807, 2.05) is 18.2 Å². The smallest absolute Gasteiger partial charge is 0.139 e. The van der Waals surface area contributed by atoms with Gasteiger partial charge in [-0.05, 0) is 25.0 Å². The lowest BCUT2D eigenvalue weighted by atomic mass is 10.2. The number of anilines is 1. The molecule has 1 aromatic carbocycles. The Morgan fingerprint density at radius 3 is 3.00 bits per heavy atom. The average Bonchev–Trinajstić information content (AvgIpc) is 2.60. The molecular formula is C13H17ClN2O. The first-order valence-electron chi connectivity index (χ1n) is 5.93. The minimum Gasteiger partial charge on any atom is -0.495 e. The SMILES string of the molecule is COc1cc(NC2=NCCCCC2)ccc1Cl. The van der Waals surface area contributed by atoms with Gasteiger partial charge in [-0.1, -0.05) is 18.0 Å². The van der Waals surface area contributed by atoms with Crippen LogP contribution in [0.3, 0.4) is 0 Å². The molecule has 0 bridgehead atoms. The van der Waals surface area contributed by atoms with Gasteiger partial charge in [0.05, 0.1) is 12.1 Å². The van der Waals surface area contributed by atoms with Crippen LogP contribution < -0.4 is 10.1 Å². The topological polar surface area (TPSA) is 33.6 Å². The molecule has 3 nitrogen and oxygen atoms in total. The molecule has 0 saturated carbocycles. The molecule has 92 valence electrons. The summed E-state index contributed by atoms with van der Waals surface area (Å²) < 4.78 is 5.19. The molecule has 17 heavy (non-hydrogen) atoms. The fraction of sp³-hybridized carbons (Fsp3) is 0.462. The number of hydrogen-bond acceptors (Lipinski definition) is 3. The predicted molar refractivity (Wildman–Crippen MR) is 72.4 cm³/mol. The van der Waals surface area contributed by atoms with Crippen molar-refractivity contribution in [1.29, 1.82) is 0 Å². The highest BCUT2D eigenvalue weighted by Gasteiger charge is 2.06. The first-order chi connectivity index (χ1) is 8.29. The molecule has 1 aliphatic rings. The van der Waals surface area contributed by atoms with Crippen molar-refractivity contribution in [3.05, 3.63) is 23.2 Å². The fourth-order valence-corrected chi connectivity index (χ4v) is 2.07. The summed E-state index contributed by atoms with van der Waals surface area (Å²) in [6.45, 7) is 0.924. The highest BCUT2D eigenvalue weighted by Crippen LogP contribution is 2.27. The maximum atomic E-state index is 5.98. The van der Waals surface area contributed by atoms with E-state index in [1.165, 1.54) is 19.3 Å². The van der Waals surface area contributed by atoms with Gasteiger partial charge in [0.2, 0.25) is 0 Å². The molecule has 0 spiro atoms. The number of benzene rings is 1. The molecule has 0 aromatic heterocycles. The standard InChI is InChI=1S/C13H17ClN2O/c1-17-12-9-10(6-7-11(12)14)16-13-5-3-2-4-8-15-13/h6-7,9H,2-5,8H2,1H3,(H,15,16). The van der Waals surface area contributed by atoms with Crippen LogP contribution in [-0.2, 0) is 0 Å². The molecule has 0 fully saturated rings. The van der Waals surface area contributed by atoms with Gasteiger partial charge < -0.3 is 10.1 Å². The van der Waals surface area contributed by atoms with Crippen LogP contribution in [0.15, 0.2) is 23.2 Å². The zero-order valence-corrected chi connectivity index (χ0v) is 10.8. The molecule has 1 aromatic rings. The first kappa shape index (κ1) is 12.2. The van der Waals surface area contributed by atoms with E-state index in [0.717, 1.165) is 24.5 Å². The Morgan fingerprint density at radius 1 is 1.29 bits per heavy atom. The van der Waals surface area contributed by atoms with E-state index in [9.17, 15) is 0 Å². The molecule has 0 aliphatic carbocycles. The van der Waals surface area contributed by atoms with Gasteiger partial charge in [-0.2, -0.15) is 0 Å². The van der Waals surface area contributed by atoms with Crippen LogP contribution >= 0.6 is 11.6 Å². The van der Waals surface area contributed by atoms with E-state index in [-0.39, 0.29) is 0 Å². The van der Waals surface area contributed by atoms with Crippen LogP contribution in [0.5, 0.6) is 5.75 Å². The van der Waals surface area contributed by atoms with Crippen molar-refractivity contribution in [2.24, 2.45) is 4.99 Å². The zero-order valence-electron chi connectivity index (χ0n) is 10.0. The van der Waals surface area contributed by atoms with Crippen molar-refractivity contribution >= 4 is 23.1 Å². The third kappa shape index (κ3) is 3.37. The number of nitrogens with one attached hydrogen (secondary N) is 1. The fourth-order valence-electron chi connectivity index (χ4n) is 1.88. The number of amidine groups is 1. The number of aliphatic imine (C=N–C) groups is 1. The molecule has 0 radical (unpaired) electrons. The van der Waals surface area contributed by atoms with Crippen molar-refractivity contribution in [2.75, 3.05) is 19.0 Å². The van der Waals surface area contributed by atoms with Crippen LogP contribution in [0, 0.1) is 0 Å². The molecular weight excluding hydrogens is 236 g/mol. The number of ether oxygens (including phenoxy) is 1. The first-order valence-corrected chi connectivity index (χ1v) is 6.31. The molecule has 0 amide bonds. The summed E-state index contributed by atoms with van der Waals surface area (Å²) in [7, 11) is 1.62. The van der Waals surface area contributed by atoms with Crippen LogP contribution in [-0.4, -0.2) is 19.5 Å². The maximum absolute atomic E-state index is 5.98. The predicted octanol–water partition coefficient (Wildman–Crippen LogP) is 3.73. The number of nitrogens with zero attached hydrogens (tertiary/aromatic N) is 1. The second-order valence-electron chi connectivity index (χ2n) is 4.11. The van der Waals surface area contributed by atoms with Crippen LogP contribution in [0.25, 0.3) is 0 Å². The lowest BCUT2D eigenvalue weighted by Gasteiger charge is -2.10. The number of methoxy groups -OCH3 is 1. The van der Waals surface area contributed by atoms with Crippen molar-refractivity contribution in [3.8, 4) is 5.75 Å². The van der Waals surface area contributed by atoms with Crippen LogP contribution in [0.4, 0.5) is 5.69 Å². The minimum absolute atomic E-state index is 0.626. The quantitative estimate of drug-likeness (QED) is 0.870.